The van der Waals surface area contributed by atoms with Gasteiger partial charge in [-0.15, -0.1) is 0 Å². The second kappa shape index (κ2) is 3.26. The quantitative estimate of drug-likeness (QED) is 0.610. The van der Waals surface area contributed by atoms with Gasteiger partial charge in [-0.2, -0.15) is 0 Å². The number of hydrogen-bond donors (Lipinski definition) is 0. The third kappa shape index (κ3) is 1.36. The van der Waals surface area contributed by atoms with Gasteiger partial charge in [0.15, 0.2) is 5.78 Å². The highest BCUT2D eigenvalue weighted by Gasteiger charge is 2.18. The zero-order chi connectivity index (χ0) is 8.39. The summed E-state index contributed by atoms with van der Waals surface area (Å²) < 4.78 is 0. The Kier molecular flexibility index (Phi) is 2.11. The van der Waals surface area contributed by atoms with Crippen molar-refractivity contribution in [2.75, 3.05) is 0 Å². The number of carbonyl (C=O) groups excluding carboxylic acids is 1. The van der Waals surface area contributed by atoms with Crippen molar-refractivity contribution in [2.45, 2.75) is 38.5 Å². The van der Waals surface area contributed by atoms with E-state index in [0.717, 1.165) is 36.8 Å². The van der Waals surface area contributed by atoms with Gasteiger partial charge in [-0.1, -0.05) is 12.2 Å². The molecule has 2 rings (SSSR count). The van der Waals surface area contributed by atoms with Crippen molar-refractivity contribution in [3.63, 3.8) is 0 Å². The van der Waals surface area contributed by atoms with Gasteiger partial charge in [0.05, 0.1) is 0 Å². The van der Waals surface area contributed by atoms with Crippen molar-refractivity contribution in [2.24, 2.45) is 0 Å². The van der Waals surface area contributed by atoms with Crippen molar-refractivity contribution in [1.82, 2.24) is 0 Å². The lowest BCUT2D eigenvalue weighted by molar-refractivity contribution is -0.112. The molecule has 0 atom stereocenters. The fourth-order valence-electron chi connectivity index (χ4n) is 1.96. The van der Waals surface area contributed by atoms with Crippen molar-refractivity contribution >= 4 is 5.78 Å². The second-order valence-electron chi connectivity index (χ2n) is 3.57. The molecule has 0 amide bonds. The van der Waals surface area contributed by atoms with Crippen LogP contribution in [-0.4, -0.2) is 5.78 Å². The second-order valence-corrected chi connectivity index (χ2v) is 3.57. The minimum atomic E-state index is 0.338. The third-order valence-electron chi connectivity index (χ3n) is 2.67. The number of allylic oxidation sites excluding steroid dienone is 4. The molecule has 0 heterocycles. The molecule has 0 saturated heterocycles. The predicted octanol–water partition coefficient (Wildman–Crippen LogP) is 2.78. The molecule has 0 fully saturated rings. The Labute approximate surface area is 73.2 Å². The molecule has 0 aromatic carbocycles. The summed E-state index contributed by atoms with van der Waals surface area (Å²) in [5.74, 6) is 0.338. The van der Waals surface area contributed by atoms with Crippen LogP contribution in [0, 0.1) is 0 Å². The topological polar surface area (TPSA) is 17.1 Å². The van der Waals surface area contributed by atoms with Crippen LogP contribution < -0.4 is 0 Å². The molecular formula is C11H14O. The molecule has 0 aliphatic heterocycles. The molecule has 12 heavy (non-hydrogen) atoms. The van der Waals surface area contributed by atoms with Crippen LogP contribution in [0.2, 0.25) is 0 Å². The molecule has 0 unspecified atom stereocenters. The Morgan fingerprint density at radius 2 is 1.50 bits per heavy atom. The number of carbonyl (C=O) groups is 1. The average molecular weight is 162 g/mol. The van der Waals surface area contributed by atoms with Crippen LogP contribution in [0.1, 0.15) is 38.5 Å². The van der Waals surface area contributed by atoms with Crippen molar-refractivity contribution in [3.05, 3.63) is 23.3 Å². The fourth-order valence-corrected chi connectivity index (χ4v) is 1.96. The maximum Gasteiger partial charge on any atom is 0.184 e. The van der Waals surface area contributed by atoms with Gasteiger partial charge in [0.2, 0.25) is 0 Å². The molecule has 0 radical (unpaired) electrons. The van der Waals surface area contributed by atoms with Gasteiger partial charge in [-0.25, -0.2) is 0 Å². The van der Waals surface area contributed by atoms with Gasteiger partial charge in [0.25, 0.3) is 0 Å². The summed E-state index contributed by atoms with van der Waals surface area (Å²) in [5, 5.41) is 0. The predicted molar refractivity (Wildman–Crippen MR) is 48.9 cm³/mol. The van der Waals surface area contributed by atoms with Crippen LogP contribution in [-0.2, 0) is 4.79 Å². The van der Waals surface area contributed by atoms with E-state index in [1.165, 1.54) is 12.8 Å². The summed E-state index contributed by atoms with van der Waals surface area (Å²) >= 11 is 0. The lowest BCUT2D eigenvalue weighted by Gasteiger charge is -2.00. The lowest BCUT2D eigenvalue weighted by atomic mass is 10.0. The van der Waals surface area contributed by atoms with Gasteiger partial charge in [-0.3, -0.25) is 4.79 Å². The minimum Gasteiger partial charge on any atom is -0.289 e. The monoisotopic (exact) mass is 162 g/mol. The Morgan fingerprint density at radius 1 is 1.00 bits per heavy atom. The molecule has 0 saturated carbocycles. The van der Waals surface area contributed by atoms with E-state index >= 15 is 0 Å². The van der Waals surface area contributed by atoms with Crippen LogP contribution >= 0.6 is 0 Å². The van der Waals surface area contributed by atoms with Gasteiger partial charge in [-0.05, 0) is 49.7 Å². The first kappa shape index (κ1) is 7.78. The van der Waals surface area contributed by atoms with E-state index < -0.39 is 0 Å². The van der Waals surface area contributed by atoms with Crippen molar-refractivity contribution in [1.29, 1.82) is 0 Å². The van der Waals surface area contributed by atoms with Crippen molar-refractivity contribution in [3.8, 4) is 0 Å². The fraction of sp³-hybridized carbons (Fsp3) is 0.545. The molecule has 2 aliphatic rings. The van der Waals surface area contributed by atoms with E-state index in [1.54, 1.807) is 0 Å². The zero-order valence-electron chi connectivity index (χ0n) is 7.31. The number of rotatable bonds is 2. The van der Waals surface area contributed by atoms with E-state index in [2.05, 4.69) is 12.2 Å². The maximum atomic E-state index is 11.7. The molecule has 0 aromatic rings. The molecular weight excluding hydrogens is 148 g/mol. The highest BCUT2D eigenvalue weighted by molar-refractivity contribution is 6.08. The largest absolute Gasteiger partial charge is 0.289 e. The van der Waals surface area contributed by atoms with E-state index in [1.807, 2.05) is 0 Å². The highest BCUT2D eigenvalue weighted by Crippen LogP contribution is 2.26. The number of ketones is 1. The van der Waals surface area contributed by atoms with Crippen LogP contribution in [0.15, 0.2) is 23.3 Å². The van der Waals surface area contributed by atoms with E-state index in [0.29, 0.717) is 5.78 Å². The Morgan fingerprint density at radius 3 is 1.83 bits per heavy atom. The highest BCUT2D eigenvalue weighted by atomic mass is 16.1. The minimum absolute atomic E-state index is 0.338. The molecule has 0 spiro atoms. The first-order chi connectivity index (χ1) is 5.88. The Hall–Kier alpha value is -0.850. The van der Waals surface area contributed by atoms with Crippen molar-refractivity contribution < 1.29 is 4.79 Å². The number of Topliss-reactive ketones (excluding diaryl/α,β-unsaturated/α-hetero) is 1. The molecule has 64 valence electrons. The SMILES string of the molecule is O=C(C1=CCCC1)C1=CCCC1. The molecule has 0 bridgehead atoms. The van der Waals surface area contributed by atoms with Crippen LogP contribution in [0.3, 0.4) is 0 Å². The summed E-state index contributed by atoms with van der Waals surface area (Å²) in [6.45, 7) is 0. The van der Waals surface area contributed by atoms with E-state index in [-0.39, 0.29) is 0 Å². The molecule has 0 aromatic heterocycles. The van der Waals surface area contributed by atoms with Crippen LogP contribution in [0.25, 0.3) is 0 Å². The molecule has 0 N–H and O–H groups in total. The van der Waals surface area contributed by atoms with Gasteiger partial charge in [0.1, 0.15) is 0 Å². The zero-order valence-corrected chi connectivity index (χ0v) is 7.31. The Balaban J connectivity index is 2.08. The normalized spacial score (nSPS) is 22.3. The molecule has 1 nitrogen and oxygen atoms in total. The molecule has 1 heteroatoms. The first-order valence-electron chi connectivity index (χ1n) is 4.81. The average Bonchev–Trinajstić information content (AvgIpc) is 2.77. The smallest absolute Gasteiger partial charge is 0.184 e. The van der Waals surface area contributed by atoms with Gasteiger partial charge in [0, 0.05) is 0 Å². The lowest BCUT2D eigenvalue weighted by Crippen LogP contribution is -2.02. The maximum absolute atomic E-state index is 11.7. The third-order valence-corrected chi connectivity index (χ3v) is 2.67. The van der Waals surface area contributed by atoms with Gasteiger partial charge < -0.3 is 0 Å². The van der Waals surface area contributed by atoms with Gasteiger partial charge >= 0.3 is 0 Å². The standard InChI is InChI=1S/C11H14O/c12-11(9-5-1-2-6-9)10-7-3-4-8-10/h5,7H,1-4,6,8H2. The Bertz CT molecular complexity index is 232. The summed E-state index contributed by atoms with van der Waals surface area (Å²) in [6.07, 6.45) is 10.8. The van der Waals surface area contributed by atoms with E-state index in [4.69, 9.17) is 0 Å². The first-order valence-corrected chi connectivity index (χ1v) is 4.81. The van der Waals surface area contributed by atoms with Crippen LogP contribution in [0.4, 0.5) is 0 Å². The summed E-state index contributed by atoms with van der Waals surface area (Å²) in [4.78, 5) is 11.7. The number of hydrogen-bond acceptors (Lipinski definition) is 1. The van der Waals surface area contributed by atoms with E-state index in [9.17, 15) is 4.79 Å². The van der Waals surface area contributed by atoms with Crippen LogP contribution in [0.5, 0.6) is 0 Å². The summed E-state index contributed by atoms with van der Waals surface area (Å²) in [5.41, 5.74) is 2.14. The summed E-state index contributed by atoms with van der Waals surface area (Å²) in [6, 6.07) is 0. The molecule has 2 aliphatic carbocycles. The summed E-state index contributed by atoms with van der Waals surface area (Å²) in [7, 11) is 0.